The maximum Gasteiger partial charge on any atom is 0.267 e. The molecule has 1 unspecified atom stereocenters. The average molecular weight is 386 g/mol. The van der Waals surface area contributed by atoms with E-state index in [4.69, 9.17) is 0 Å². The number of hydrogen-bond acceptors (Lipinski definition) is 4. The molecule has 5 nitrogen and oxygen atoms in total. The van der Waals surface area contributed by atoms with E-state index < -0.39 is 11.6 Å². The van der Waals surface area contributed by atoms with Gasteiger partial charge in [0.25, 0.3) is 5.91 Å². The third kappa shape index (κ3) is 5.26. The molecule has 144 valence electrons. The number of aryl methyl sites for hydroxylation is 2. The summed E-state index contributed by atoms with van der Waals surface area (Å²) in [5.74, 6) is -0.432. The minimum Gasteiger partial charge on any atom is -0.349 e. The van der Waals surface area contributed by atoms with Gasteiger partial charge < -0.3 is 10.2 Å². The highest BCUT2D eigenvalue weighted by Gasteiger charge is 2.34. The van der Waals surface area contributed by atoms with Crippen LogP contribution in [0, 0.1) is 13.8 Å². The van der Waals surface area contributed by atoms with E-state index in [9.17, 15) is 9.59 Å². The summed E-state index contributed by atoms with van der Waals surface area (Å²) in [5.41, 5.74) is 1.03. The molecule has 0 saturated carbocycles. The fourth-order valence-corrected chi connectivity index (χ4v) is 3.73. The monoisotopic (exact) mass is 385 g/mol. The summed E-state index contributed by atoms with van der Waals surface area (Å²) in [6, 6.07) is 8.59. The summed E-state index contributed by atoms with van der Waals surface area (Å²) < 4.78 is 0. The Bertz CT molecular complexity index is 822. The molecule has 0 radical (unpaired) electrons. The van der Waals surface area contributed by atoms with Crippen LogP contribution in [0.1, 0.15) is 52.7 Å². The first-order valence-electron chi connectivity index (χ1n) is 8.87. The average Bonchev–Trinajstić information content (AvgIpc) is 2.91. The van der Waals surface area contributed by atoms with Crippen LogP contribution in [0.5, 0.6) is 0 Å². The van der Waals surface area contributed by atoms with Gasteiger partial charge in [-0.15, -0.1) is 17.9 Å². The highest BCUT2D eigenvalue weighted by Crippen LogP contribution is 2.27. The number of nitrogens with zero attached hydrogens (tertiary/aromatic N) is 2. The largest absolute Gasteiger partial charge is 0.349 e. The van der Waals surface area contributed by atoms with Gasteiger partial charge in [-0.25, -0.2) is 4.98 Å². The van der Waals surface area contributed by atoms with Gasteiger partial charge in [-0.2, -0.15) is 0 Å². The van der Waals surface area contributed by atoms with Crippen LogP contribution in [0.2, 0.25) is 0 Å². The Morgan fingerprint density at radius 2 is 1.89 bits per heavy atom. The minimum atomic E-state index is -0.752. The fourth-order valence-electron chi connectivity index (χ4n) is 2.85. The summed E-state index contributed by atoms with van der Waals surface area (Å²) in [5, 5.41) is 3.83. The second-order valence-corrected chi connectivity index (χ2v) is 8.65. The molecule has 0 bridgehead atoms. The van der Waals surface area contributed by atoms with Crippen LogP contribution in [0.4, 0.5) is 0 Å². The van der Waals surface area contributed by atoms with E-state index in [1.807, 2.05) is 65.0 Å². The fraction of sp³-hybridized carbons (Fsp3) is 0.381. The molecular weight excluding hydrogens is 358 g/mol. The molecule has 1 aromatic carbocycles. The maximum atomic E-state index is 13.3. The first-order valence-corrected chi connectivity index (χ1v) is 9.68. The summed E-state index contributed by atoms with van der Waals surface area (Å²) in [7, 11) is 0. The predicted molar refractivity (Wildman–Crippen MR) is 110 cm³/mol. The Balaban J connectivity index is 2.51. The van der Waals surface area contributed by atoms with Gasteiger partial charge in [0.05, 0.1) is 10.7 Å². The quantitative estimate of drug-likeness (QED) is 0.763. The van der Waals surface area contributed by atoms with Gasteiger partial charge in [-0.3, -0.25) is 9.59 Å². The van der Waals surface area contributed by atoms with E-state index in [-0.39, 0.29) is 18.4 Å². The third-order valence-electron chi connectivity index (χ3n) is 3.86. The van der Waals surface area contributed by atoms with E-state index >= 15 is 0 Å². The number of nitrogens with one attached hydrogen (secondary N) is 1. The van der Waals surface area contributed by atoms with Crippen LogP contribution < -0.4 is 5.32 Å². The van der Waals surface area contributed by atoms with Gasteiger partial charge in [-0.05, 0) is 40.2 Å². The van der Waals surface area contributed by atoms with Crippen molar-refractivity contribution in [3.05, 3.63) is 64.1 Å². The van der Waals surface area contributed by atoms with Crippen molar-refractivity contribution in [3.63, 3.8) is 0 Å². The van der Waals surface area contributed by atoms with Crippen LogP contribution >= 0.6 is 11.3 Å². The zero-order valence-corrected chi connectivity index (χ0v) is 17.4. The summed E-state index contributed by atoms with van der Waals surface area (Å²) in [6.45, 7) is 13.5. The lowest BCUT2D eigenvalue weighted by Gasteiger charge is -2.33. The van der Waals surface area contributed by atoms with Gasteiger partial charge in [0, 0.05) is 12.1 Å². The molecule has 1 atom stereocenters. The second kappa shape index (κ2) is 8.48. The number of carbonyl (C=O) groups excluding carboxylic acids is 2. The van der Waals surface area contributed by atoms with Crippen molar-refractivity contribution in [2.24, 2.45) is 0 Å². The lowest BCUT2D eigenvalue weighted by molar-refractivity contribution is -0.127. The number of aromatic nitrogens is 1. The number of amides is 2. The smallest absolute Gasteiger partial charge is 0.267 e. The molecule has 2 amide bonds. The first-order chi connectivity index (χ1) is 12.6. The van der Waals surface area contributed by atoms with Crippen molar-refractivity contribution < 1.29 is 9.59 Å². The molecule has 0 saturated heterocycles. The van der Waals surface area contributed by atoms with Gasteiger partial charge >= 0.3 is 0 Å². The Labute approximate surface area is 165 Å². The summed E-state index contributed by atoms with van der Waals surface area (Å²) >= 11 is 1.35. The van der Waals surface area contributed by atoms with Crippen molar-refractivity contribution in [1.82, 2.24) is 15.2 Å². The van der Waals surface area contributed by atoms with E-state index in [1.165, 1.54) is 11.3 Å². The van der Waals surface area contributed by atoms with Gasteiger partial charge in [0.1, 0.15) is 10.9 Å². The molecule has 0 aliphatic carbocycles. The highest BCUT2D eigenvalue weighted by molar-refractivity contribution is 7.13. The highest BCUT2D eigenvalue weighted by atomic mass is 32.1. The van der Waals surface area contributed by atoms with Crippen molar-refractivity contribution in [2.75, 3.05) is 6.54 Å². The van der Waals surface area contributed by atoms with E-state index in [0.29, 0.717) is 10.6 Å². The SMILES string of the molecule is C=CCN(C(=O)c1sc(C)nc1C)C(C(=O)NC(C)(C)C)c1ccccc1. The Kier molecular flexibility index (Phi) is 6.54. The van der Waals surface area contributed by atoms with Crippen LogP contribution in [0.25, 0.3) is 0 Å². The number of rotatable bonds is 6. The Morgan fingerprint density at radius 3 is 2.37 bits per heavy atom. The molecule has 27 heavy (non-hydrogen) atoms. The lowest BCUT2D eigenvalue weighted by Crippen LogP contribution is -2.49. The topological polar surface area (TPSA) is 62.3 Å². The maximum absolute atomic E-state index is 13.3. The van der Waals surface area contributed by atoms with Gasteiger partial charge in [0.2, 0.25) is 5.91 Å². The molecule has 6 heteroatoms. The molecular formula is C21H27N3O2S. The molecule has 0 fully saturated rings. The van der Waals surface area contributed by atoms with E-state index in [2.05, 4.69) is 16.9 Å². The van der Waals surface area contributed by atoms with E-state index in [1.54, 1.807) is 11.0 Å². The number of carbonyl (C=O) groups is 2. The predicted octanol–water partition coefficient (Wildman–Crippen LogP) is 4.04. The van der Waals surface area contributed by atoms with Crippen molar-refractivity contribution in [2.45, 2.75) is 46.2 Å². The zero-order valence-electron chi connectivity index (χ0n) is 16.6. The molecule has 2 rings (SSSR count). The molecule has 1 heterocycles. The van der Waals surface area contributed by atoms with Crippen molar-refractivity contribution >= 4 is 23.2 Å². The van der Waals surface area contributed by atoms with Crippen LogP contribution in [-0.2, 0) is 4.79 Å². The second-order valence-electron chi connectivity index (χ2n) is 7.45. The Hall–Kier alpha value is -2.47. The van der Waals surface area contributed by atoms with Crippen molar-refractivity contribution in [1.29, 1.82) is 0 Å². The molecule has 0 aliphatic rings. The van der Waals surface area contributed by atoms with Crippen LogP contribution in [0.3, 0.4) is 0 Å². The summed E-state index contributed by atoms with van der Waals surface area (Å²) in [6.07, 6.45) is 1.64. The first kappa shape index (κ1) is 20.8. The number of thiazole rings is 1. The third-order valence-corrected chi connectivity index (χ3v) is 4.92. The zero-order chi connectivity index (χ0) is 20.2. The summed E-state index contributed by atoms with van der Waals surface area (Å²) in [4.78, 5) is 32.9. The molecule has 2 aromatic rings. The standard InChI is InChI=1S/C21H27N3O2S/c1-7-13-24(20(26)18-14(2)22-15(3)27-18)17(16-11-9-8-10-12-16)19(25)23-21(4,5)6/h7-12,17H,1,13H2,2-6H3,(H,23,25). The molecule has 1 N–H and O–H groups in total. The molecule has 1 aromatic heterocycles. The van der Waals surface area contributed by atoms with Crippen LogP contribution in [0.15, 0.2) is 43.0 Å². The molecule has 0 aliphatic heterocycles. The molecule has 0 spiro atoms. The van der Waals surface area contributed by atoms with Crippen LogP contribution in [-0.4, -0.2) is 33.8 Å². The number of benzene rings is 1. The Morgan fingerprint density at radius 1 is 1.26 bits per heavy atom. The minimum absolute atomic E-state index is 0.212. The number of hydrogen-bond donors (Lipinski definition) is 1. The van der Waals surface area contributed by atoms with E-state index in [0.717, 1.165) is 10.6 Å². The normalized spacial score (nSPS) is 12.3. The van der Waals surface area contributed by atoms with Gasteiger partial charge in [0.15, 0.2) is 0 Å². The van der Waals surface area contributed by atoms with Gasteiger partial charge in [-0.1, -0.05) is 36.4 Å². The van der Waals surface area contributed by atoms with Crippen molar-refractivity contribution in [3.8, 4) is 0 Å². The lowest BCUT2D eigenvalue weighted by atomic mass is 10.0.